The number of anilines is 1. The minimum atomic E-state index is -2.62. The molecule has 0 unspecified atom stereocenters. The van der Waals surface area contributed by atoms with Crippen LogP contribution in [0.5, 0.6) is 0 Å². The van der Waals surface area contributed by atoms with Gasteiger partial charge in [-0.2, -0.15) is 0 Å². The van der Waals surface area contributed by atoms with Crippen LogP contribution in [0.1, 0.15) is 52.4 Å². The summed E-state index contributed by atoms with van der Waals surface area (Å²) in [6, 6.07) is 7.46. The van der Waals surface area contributed by atoms with Crippen LogP contribution >= 0.6 is 0 Å². The molecule has 0 saturated heterocycles. The summed E-state index contributed by atoms with van der Waals surface area (Å²) in [7, 11) is 0. The molecule has 1 amide bonds. The van der Waals surface area contributed by atoms with Gasteiger partial charge in [-0.1, -0.05) is 0 Å². The molecular weight excluding hydrogens is 428 g/mol. The van der Waals surface area contributed by atoms with Gasteiger partial charge in [-0.05, 0) is 49.7 Å². The Kier molecular flexibility index (Phi) is 6.16. The van der Waals surface area contributed by atoms with E-state index in [4.69, 9.17) is 5.73 Å². The van der Waals surface area contributed by atoms with E-state index in [1.54, 1.807) is 31.5 Å². The van der Waals surface area contributed by atoms with Crippen LogP contribution in [0.2, 0.25) is 0 Å². The van der Waals surface area contributed by atoms with Crippen molar-refractivity contribution in [1.29, 1.82) is 0 Å². The topological polar surface area (TPSA) is 111 Å². The molecule has 0 bridgehead atoms. The van der Waals surface area contributed by atoms with Crippen molar-refractivity contribution in [2.75, 3.05) is 5.73 Å². The number of nitrogens with two attached hydrogens (primary N) is 1. The molecule has 4 aromatic heterocycles. The lowest BCUT2D eigenvalue weighted by molar-refractivity contribution is 0.0663. The lowest BCUT2D eigenvalue weighted by Crippen LogP contribution is -2.34. The molecular formula is C23H21F2N7O. The standard InChI is InChI=1S/C23H21F2N7O/c1-13-8-16-9-17(11-30-22(16)31-20(13)26)23(33)32(14(2)21-27-6-3-7-28-21)12-18-5-4-15(10-29-18)19(24)25/h3-11,14,19H,12H2,1-2H3,(H2,26,30,31)/t14-/m1/s1. The van der Waals surface area contributed by atoms with Crippen LogP contribution in [0.15, 0.2) is 55.1 Å². The van der Waals surface area contributed by atoms with E-state index in [1.807, 2.05) is 13.0 Å². The second-order valence-electron chi connectivity index (χ2n) is 7.56. The Morgan fingerprint density at radius 3 is 2.52 bits per heavy atom. The Bertz CT molecular complexity index is 1280. The molecule has 1 atom stereocenters. The van der Waals surface area contributed by atoms with E-state index in [0.29, 0.717) is 33.9 Å². The molecule has 10 heteroatoms. The fourth-order valence-corrected chi connectivity index (χ4v) is 3.35. The third kappa shape index (κ3) is 4.74. The molecule has 168 valence electrons. The van der Waals surface area contributed by atoms with Crippen molar-refractivity contribution in [2.45, 2.75) is 32.9 Å². The van der Waals surface area contributed by atoms with E-state index in [9.17, 15) is 13.6 Å². The summed E-state index contributed by atoms with van der Waals surface area (Å²) in [4.78, 5) is 36.3. The number of aromatic nitrogens is 5. The number of nitrogen functional groups attached to an aromatic ring is 1. The fourth-order valence-electron chi connectivity index (χ4n) is 3.35. The van der Waals surface area contributed by atoms with Crippen molar-refractivity contribution in [3.63, 3.8) is 0 Å². The van der Waals surface area contributed by atoms with Gasteiger partial charge in [0.2, 0.25) is 0 Å². The first-order valence-electron chi connectivity index (χ1n) is 10.2. The molecule has 4 heterocycles. The molecule has 0 fully saturated rings. The summed E-state index contributed by atoms with van der Waals surface area (Å²) in [5.74, 6) is 0.483. The second kappa shape index (κ2) is 9.19. The molecule has 0 aromatic carbocycles. The Hall–Kier alpha value is -4.08. The van der Waals surface area contributed by atoms with Crippen LogP contribution in [0, 0.1) is 6.92 Å². The fraction of sp³-hybridized carbons (Fsp3) is 0.217. The second-order valence-corrected chi connectivity index (χ2v) is 7.56. The van der Waals surface area contributed by atoms with Gasteiger partial charge in [-0.15, -0.1) is 0 Å². The van der Waals surface area contributed by atoms with Gasteiger partial charge < -0.3 is 10.6 Å². The highest BCUT2D eigenvalue weighted by molar-refractivity contribution is 5.97. The largest absolute Gasteiger partial charge is 0.383 e. The monoisotopic (exact) mass is 449 g/mol. The van der Waals surface area contributed by atoms with Gasteiger partial charge in [-0.25, -0.2) is 28.7 Å². The van der Waals surface area contributed by atoms with Crippen LogP contribution in [-0.4, -0.2) is 35.7 Å². The van der Waals surface area contributed by atoms with Gasteiger partial charge in [0.05, 0.1) is 23.8 Å². The number of aryl methyl sites for hydroxylation is 1. The summed E-state index contributed by atoms with van der Waals surface area (Å²) in [6.45, 7) is 3.69. The van der Waals surface area contributed by atoms with Crippen LogP contribution < -0.4 is 5.73 Å². The number of fused-ring (bicyclic) bond motifs is 1. The molecule has 0 aliphatic heterocycles. The summed E-state index contributed by atoms with van der Waals surface area (Å²) in [5, 5.41) is 0.676. The number of alkyl halides is 2. The maximum absolute atomic E-state index is 13.6. The van der Waals surface area contributed by atoms with Gasteiger partial charge in [0.25, 0.3) is 12.3 Å². The average molecular weight is 449 g/mol. The van der Waals surface area contributed by atoms with Crippen molar-refractivity contribution in [2.24, 2.45) is 0 Å². The minimum Gasteiger partial charge on any atom is -0.383 e. The number of rotatable bonds is 6. The Morgan fingerprint density at radius 1 is 1.09 bits per heavy atom. The van der Waals surface area contributed by atoms with E-state index in [2.05, 4.69) is 24.9 Å². The summed E-state index contributed by atoms with van der Waals surface area (Å²) < 4.78 is 25.8. The quantitative estimate of drug-likeness (QED) is 0.473. The third-order valence-electron chi connectivity index (χ3n) is 5.26. The lowest BCUT2D eigenvalue weighted by atomic mass is 10.1. The normalized spacial score (nSPS) is 12.2. The summed E-state index contributed by atoms with van der Waals surface area (Å²) in [5.41, 5.74) is 7.67. The van der Waals surface area contributed by atoms with Gasteiger partial charge in [0.15, 0.2) is 5.65 Å². The number of hydrogen-bond acceptors (Lipinski definition) is 7. The van der Waals surface area contributed by atoms with Gasteiger partial charge in [0, 0.05) is 35.7 Å². The van der Waals surface area contributed by atoms with E-state index >= 15 is 0 Å². The summed E-state index contributed by atoms with van der Waals surface area (Å²) in [6.07, 6.45) is 3.12. The molecule has 8 nitrogen and oxygen atoms in total. The van der Waals surface area contributed by atoms with Crippen LogP contribution in [0.3, 0.4) is 0 Å². The number of hydrogen-bond donors (Lipinski definition) is 1. The van der Waals surface area contributed by atoms with E-state index in [1.165, 1.54) is 23.2 Å². The van der Waals surface area contributed by atoms with Crippen molar-refractivity contribution < 1.29 is 13.6 Å². The Morgan fingerprint density at radius 2 is 1.85 bits per heavy atom. The van der Waals surface area contributed by atoms with Crippen molar-refractivity contribution in [1.82, 2.24) is 29.8 Å². The van der Waals surface area contributed by atoms with Gasteiger partial charge >= 0.3 is 0 Å². The molecule has 0 radical (unpaired) electrons. The minimum absolute atomic E-state index is 0.0683. The zero-order valence-electron chi connectivity index (χ0n) is 18.0. The predicted molar refractivity (Wildman–Crippen MR) is 118 cm³/mol. The number of carbonyl (C=O) groups is 1. The van der Waals surface area contributed by atoms with Crippen LogP contribution in [-0.2, 0) is 6.54 Å². The molecule has 4 aromatic rings. The van der Waals surface area contributed by atoms with Crippen molar-refractivity contribution in [3.8, 4) is 0 Å². The van der Waals surface area contributed by atoms with E-state index < -0.39 is 12.5 Å². The number of pyridine rings is 3. The highest BCUT2D eigenvalue weighted by Crippen LogP contribution is 2.24. The first-order valence-corrected chi connectivity index (χ1v) is 10.2. The first-order chi connectivity index (χ1) is 15.8. The third-order valence-corrected chi connectivity index (χ3v) is 5.26. The van der Waals surface area contributed by atoms with Gasteiger partial charge in [-0.3, -0.25) is 9.78 Å². The SMILES string of the molecule is Cc1cc2cc(C(=O)N(Cc3ccc(C(F)F)cn3)[C@H](C)c3ncccn3)cnc2nc1N. The first kappa shape index (κ1) is 22.1. The van der Waals surface area contributed by atoms with E-state index in [-0.39, 0.29) is 18.0 Å². The summed E-state index contributed by atoms with van der Waals surface area (Å²) >= 11 is 0. The van der Waals surface area contributed by atoms with Crippen LogP contribution in [0.25, 0.3) is 11.0 Å². The zero-order chi connectivity index (χ0) is 23.5. The Balaban J connectivity index is 1.70. The van der Waals surface area contributed by atoms with Gasteiger partial charge in [0.1, 0.15) is 11.6 Å². The molecule has 33 heavy (non-hydrogen) atoms. The van der Waals surface area contributed by atoms with Crippen LogP contribution in [0.4, 0.5) is 14.6 Å². The number of carbonyl (C=O) groups excluding carboxylic acids is 1. The maximum atomic E-state index is 13.6. The molecule has 0 saturated carbocycles. The number of nitrogens with zero attached hydrogens (tertiary/aromatic N) is 6. The highest BCUT2D eigenvalue weighted by Gasteiger charge is 2.26. The maximum Gasteiger partial charge on any atom is 0.265 e. The van der Waals surface area contributed by atoms with E-state index in [0.717, 1.165) is 11.8 Å². The molecule has 0 spiro atoms. The Labute approximate surface area is 188 Å². The predicted octanol–water partition coefficient (Wildman–Crippen LogP) is 4.05. The zero-order valence-corrected chi connectivity index (χ0v) is 18.0. The van der Waals surface area contributed by atoms with Crippen molar-refractivity contribution in [3.05, 3.63) is 83.3 Å². The smallest absolute Gasteiger partial charge is 0.265 e. The molecule has 0 aliphatic rings. The lowest BCUT2D eigenvalue weighted by Gasteiger charge is -2.28. The highest BCUT2D eigenvalue weighted by atomic mass is 19.3. The average Bonchev–Trinajstić information content (AvgIpc) is 2.83. The number of amides is 1. The van der Waals surface area contributed by atoms with Crippen molar-refractivity contribution >= 4 is 22.8 Å². The number of halogens is 2. The molecule has 0 aliphatic carbocycles. The molecule has 4 rings (SSSR count). The molecule has 2 N–H and O–H groups in total.